The topological polar surface area (TPSA) is 37.4 Å². The van der Waals surface area contributed by atoms with Crippen LogP contribution < -0.4 is 0 Å². The van der Waals surface area contributed by atoms with E-state index in [2.05, 4.69) is 15.9 Å². The summed E-state index contributed by atoms with van der Waals surface area (Å²) in [5.41, 5.74) is 0. The monoisotopic (exact) mass is 323 g/mol. The minimum absolute atomic E-state index is 0.585. The average Bonchev–Trinajstić information content (AvgIpc) is 2.63. The number of piperidine rings is 1. The molecule has 2 fully saturated rings. The molecule has 100 valence electrons. The van der Waals surface area contributed by atoms with Gasteiger partial charge in [-0.25, -0.2) is 12.7 Å². The van der Waals surface area contributed by atoms with E-state index >= 15 is 0 Å². The Morgan fingerprint density at radius 3 is 2.59 bits per heavy atom. The molecule has 0 spiro atoms. The maximum Gasteiger partial charge on any atom is 0.211 e. The Morgan fingerprint density at radius 2 is 2.00 bits per heavy atom. The Balaban J connectivity index is 1.85. The smallest absolute Gasteiger partial charge is 0.211 e. The Bertz CT molecular complexity index is 358. The average molecular weight is 324 g/mol. The van der Waals surface area contributed by atoms with Crippen molar-refractivity contribution in [1.82, 2.24) is 4.31 Å². The first-order valence-electron chi connectivity index (χ1n) is 6.54. The maximum absolute atomic E-state index is 11.5. The fourth-order valence-electron chi connectivity index (χ4n) is 3.22. The molecular weight excluding hydrogens is 302 g/mol. The van der Waals surface area contributed by atoms with Crippen LogP contribution in [0.3, 0.4) is 0 Å². The van der Waals surface area contributed by atoms with Gasteiger partial charge in [0.2, 0.25) is 10.0 Å². The van der Waals surface area contributed by atoms with Gasteiger partial charge in [-0.3, -0.25) is 0 Å². The first-order chi connectivity index (χ1) is 7.95. The minimum atomic E-state index is -2.98. The standard InChI is InChI=1S/C12H22BrNO2S/c1-17(15,16)14-6-2-3-11(9-14)7-10-4-5-12(13)8-10/h10-12H,2-9H2,1H3. The third-order valence-corrected chi connectivity index (χ3v) is 6.20. The quantitative estimate of drug-likeness (QED) is 0.749. The van der Waals surface area contributed by atoms with Gasteiger partial charge in [0.05, 0.1) is 6.26 Å². The maximum atomic E-state index is 11.5. The second kappa shape index (κ2) is 5.57. The molecule has 1 saturated carbocycles. The molecule has 3 unspecified atom stereocenters. The summed E-state index contributed by atoms with van der Waals surface area (Å²) in [5, 5.41) is 0. The summed E-state index contributed by atoms with van der Waals surface area (Å²) in [4.78, 5) is 0.696. The van der Waals surface area contributed by atoms with Crippen LogP contribution in [0.1, 0.15) is 38.5 Å². The van der Waals surface area contributed by atoms with E-state index in [9.17, 15) is 8.42 Å². The van der Waals surface area contributed by atoms with Gasteiger partial charge in [-0.2, -0.15) is 0 Å². The lowest BCUT2D eigenvalue weighted by Crippen LogP contribution is -2.39. The highest BCUT2D eigenvalue weighted by molar-refractivity contribution is 9.09. The lowest BCUT2D eigenvalue weighted by atomic mass is 9.88. The Kier molecular flexibility index (Phi) is 4.53. The molecule has 2 rings (SSSR count). The highest BCUT2D eigenvalue weighted by Gasteiger charge is 2.30. The first kappa shape index (κ1) is 13.8. The molecule has 0 aromatic rings. The lowest BCUT2D eigenvalue weighted by molar-refractivity contribution is 0.231. The molecule has 5 heteroatoms. The van der Waals surface area contributed by atoms with Crippen molar-refractivity contribution >= 4 is 26.0 Å². The number of alkyl halides is 1. The number of rotatable bonds is 3. The highest BCUT2D eigenvalue weighted by atomic mass is 79.9. The van der Waals surface area contributed by atoms with E-state index in [4.69, 9.17) is 0 Å². The van der Waals surface area contributed by atoms with Crippen LogP contribution in [-0.2, 0) is 10.0 Å². The van der Waals surface area contributed by atoms with Gasteiger partial charge in [0.15, 0.2) is 0 Å². The molecule has 17 heavy (non-hydrogen) atoms. The molecule has 0 aromatic carbocycles. The molecule has 3 nitrogen and oxygen atoms in total. The highest BCUT2D eigenvalue weighted by Crippen LogP contribution is 2.36. The molecular formula is C12H22BrNO2S. The largest absolute Gasteiger partial charge is 0.213 e. The predicted molar refractivity (Wildman–Crippen MR) is 73.8 cm³/mol. The van der Waals surface area contributed by atoms with Crippen LogP contribution in [0.5, 0.6) is 0 Å². The van der Waals surface area contributed by atoms with Crippen LogP contribution in [0.15, 0.2) is 0 Å². The normalized spacial score (nSPS) is 36.2. The van der Waals surface area contributed by atoms with Crippen LogP contribution in [0.25, 0.3) is 0 Å². The van der Waals surface area contributed by atoms with E-state index in [1.54, 1.807) is 4.31 Å². The number of hydrogen-bond acceptors (Lipinski definition) is 2. The van der Waals surface area contributed by atoms with Crippen molar-refractivity contribution in [3.05, 3.63) is 0 Å². The fraction of sp³-hybridized carbons (Fsp3) is 1.00. The molecule has 1 aliphatic heterocycles. The predicted octanol–water partition coefficient (Wildman–Crippen LogP) is 2.61. The van der Waals surface area contributed by atoms with E-state index in [-0.39, 0.29) is 0 Å². The van der Waals surface area contributed by atoms with Gasteiger partial charge >= 0.3 is 0 Å². The Morgan fingerprint density at radius 1 is 1.24 bits per heavy atom. The van der Waals surface area contributed by atoms with Crippen molar-refractivity contribution in [2.24, 2.45) is 11.8 Å². The number of nitrogens with zero attached hydrogens (tertiary/aromatic N) is 1. The van der Waals surface area contributed by atoms with E-state index in [1.807, 2.05) is 0 Å². The van der Waals surface area contributed by atoms with Gasteiger partial charge in [0.1, 0.15) is 0 Å². The van der Waals surface area contributed by atoms with Crippen molar-refractivity contribution in [2.45, 2.75) is 43.4 Å². The van der Waals surface area contributed by atoms with Crippen LogP contribution in [0.2, 0.25) is 0 Å². The van der Waals surface area contributed by atoms with Crippen LogP contribution in [0, 0.1) is 11.8 Å². The fourth-order valence-corrected chi connectivity index (χ4v) is 4.96. The number of sulfonamides is 1. The van der Waals surface area contributed by atoms with Crippen molar-refractivity contribution in [3.63, 3.8) is 0 Å². The van der Waals surface area contributed by atoms with Gasteiger partial charge in [0.25, 0.3) is 0 Å². The molecule has 3 atom stereocenters. The third-order valence-electron chi connectivity index (χ3n) is 4.09. The van der Waals surface area contributed by atoms with Crippen LogP contribution in [-0.4, -0.2) is 36.9 Å². The zero-order chi connectivity index (χ0) is 12.5. The summed E-state index contributed by atoms with van der Waals surface area (Å²) in [6.45, 7) is 1.48. The first-order valence-corrected chi connectivity index (χ1v) is 9.30. The summed E-state index contributed by atoms with van der Waals surface area (Å²) in [7, 11) is -2.98. The molecule has 0 aromatic heterocycles. The van der Waals surface area contributed by atoms with E-state index in [1.165, 1.54) is 38.4 Å². The van der Waals surface area contributed by atoms with Crippen molar-refractivity contribution < 1.29 is 8.42 Å². The van der Waals surface area contributed by atoms with E-state index in [0.717, 1.165) is 25.4 Å². The van der Waals surface area contributed by atoms with Gasteiger partial charge in [-0.05, 0) is 50.4 Å². The van der Waals surface area contributed by atoms with Gasteiger partial charge in [0, 0.05) is 17.9 Å². The summed E-state index contributed by atoms with van der Waals surface area (Å²) < 4.78 is 24.7. The van der Waals surface area contributed by atoms with Crippen molar-refractivity contribution in [2.75, 3.05) is 19.3 Å². The summed E-state index contributed by atoms with van der Waals surface area (Å²) in [6.07, 6.45) is 8.65. The molecule has 2 aliphatic rings. The summed E-state index contributed by atoms with van der Waals surface area (Å²) in [6, 6.07) is 0. The molecule has 0 N–H and O–H groups in total. The summed E-state index contributed by atoms with van der Waals surface area (Å²) >= 11 is 3.68. The Hall–Kier alpha value is 0.390. The van der Waals surface area contributed by atoms with Gasteiger partial charge in [-0.1, -0.05) is 15.9 Å². The molecule has 0 bridgehead atoms. The summed E-state index contributed by atoms with van der Waals surface area (Å²) in [5.74, 6) is 1.39. The van der Waals surface area contributed by atoms with Gasteiger partial charge < -0.3 is 0 Å². The van der Waals surface area contributed by atoms with E-state index < -0.39 is 10.0 Å². The van der Waals surface area contributed by atoms with Crippen LogP contribution in [0.4, 0.5) is 0 Å². The minimum Gasteiger partial charge on any atom is -0.213 e. The molecule has 0 amide bonds. The van der Waals surface area contributed by atoms with Crippen molar-refractivity contribution in [3.8, 4) is 0 Å². The van der Waals surface area contributed by atoms with Gasteiger partial charge in [-0.15, -0.1) is 0 Å². The van der Waals surface area contributed by atoms with Crippen molar-refractivity contribution in [1.29, 1.82) is 0 Å². The molecule has 1 aliphatic carbocycles. The zero-order valence-corrected chi connectivity index (χ0v) is 12.8. The number of halogens is 1. The SMILES string of the molecule is CS(=O)(=O)N1CCCC(CC2CCC(Br)C2)C1. The van der Waals surface area contributed by atoms with Crippen LogP contribution >= 0.6 is 15.9 Å². The molecule has 0 radical (unpaired) electrons. The second-order valence-electron chi connectivity index (χ2n) is 5.64. The second-order valence-corrected chi connectivity index (χ2v) is 8.92. The Labute approximate surface area is 113 Å². The lowest BCUT2D eigenvalue weighted by Gasteiger charge is -2.32. The number of hydrogen-bond donors (Lipinski definition) is 0. The molecule has 1 saturated heterocycles. The van der Waals surface area contributed by atoms with E-state index in [0.29, 0.717) is 10.7 Å². The zero-order valence-electron chi connectivity index (χ0n) is 10.4. The third kappa shape index (κ3) is 3.93. The molecule has 1 heterocycles.